The van der Waals surface area contributed by atoms with Crippen molar-refractivity contribution in [2.24, 2.45) is 17.8 Å². The van der Waals surface area contributed by atoms with Gasteiger partial charge in [-0.3, -0.25) is 4.79 Å². The molecule has 4 nitrogen and oxygen atoms in total. The van der Waals surface area contributed by atoms with Gasteiger partial charge < -0.3 is 15.0 Å². The van der Waals surface area contributed by atoms with Gasteiger partial charge in [-0.2, -0.15) is 0 Å². The van der Waals surface area contributed by atoms with E-state index in [9.17, 15) is 4.79 Å². The smallest absolute Gasteiger partial charge is 0.226 e. The van der Waals surface area contributed by atoms with E-state index in [0.717, 1.165) is 68.8 Å². The number of carbonyl (C=O) groups is 1. The maximum atomic E-state index is 12.6. The van der Waals surface area contributed by atoms with Crippen molar-refractivity contribution in [1.82, 2.24) is 10.2 Å². The normalized spacial score (nSPS) is 23.9. The highest BCUT2D eigenvalue weighted by molar-refractivity contribution is 5.78. The van der Waals surface area contributed by atoms with Crippen molar-refractivity contribution >= 4 is 5.91 Å². The van der Waals surface area contributed by atoms with Crippen molar-refractivity contribution in [3.8, 4) is 5.75 Å². The van der Waals surface area contributed by atoms with Crippen molar-refractivity contribution < 1.29 is 9.53 Å². The molecule has 1 aromatic carbocycles. The van der Waals surface area contributed by atoms with Gasteiger partial charge in [0, 0.05) is 13.1 Å². The first-order valence-electron chi connectivity index (χ1n) is 9.32. The zero-order valence-corrected chi connectivity index (χ0v) is 15.0. The summed E-state index contributed by atoms with van der Waals surface area (Å²) >= 11 is 0. The van der Waals surface area contributed by atoms with Crippen LogP contribution >= 0.6 is 0 Å². The second-order valence-electron chi connectivity index (χ2n) is 7.66. The molecule has 4 heteroatoms. The molecule has 1 amide bonds. The highest BCUT2D eigenvalue weighted by Crippen LogP contribution is 2.27. The lowest BCUT2D eigenvalue weighted by atomic mass is 9.92. The molecule has 24 heavy (non-hydrogen) atoms. The van der Waals surface area contributed by atoms with Gasteiger partial charge in [0.1, 0.15) is 5.75 Å². The van der Waals surface area contributed by atoms with E-state index < -0.39 is 0 Å². The second-order valence-corrected chi connectivity index (χ2v) is 7.66. The molecule has 1 aromatic rings. The van der Waals surface area contributed by atoms with Gasteiger partial charge in [-0.05, 0) is 61.4 Å². The van der Waals surface area contributed by atoms with Crippen molar-refractivity contribution in [1.29, 1.82) is 0 Å². The zero-order valence-electron chi connectivity index (χ0n) is 15.0. The summed E-state index contributed by atoms with van der Waals surface area (Å²) in [7, 11) is 0. The molecular weight excluding hydrogens is 300 g/mol. The first-order valence-corrected chi connectivity index (χ1v) is 9.32. The zero-order chi connectivity index (χ0) is 16.9. The molecule has 0 radical (unpaired) electrons. The fraction of sp³-hybridized carbons (Fsp3) is 0.650. The van der Waals surface area contributed by atoms with E-state index in [1.165, 1.54) is 0 Å². The number of rotatable bonds is 5. The Morgan fingerprint density at radius 2 is 1.79 bits per heavy atom. The Hall–Kier alpha value is -1.55. The first kappa shape index (κ1) is 17.3. The SMILES string of the molecule is CC(C)COc1ccc(CC(=O)N2CC[C@@H]3CNC[C@@H]3CC2)cc1. The largest absolute Gasteiger partial charge is 0.493 e. The van der Waals surface area contributed by atoms with Gasteiger partial charge >= 0.3 is 0 Å². The van der Waals surface area contributed by atoms with E-state index in [2.05, 4.69) is 24.1 Å². The topological polar surface area (TPSA) is 41.6 Å². The molecule has 132 valence electrons. The Kier molecular flexibility index (Phi) is 5.77. The lowest BCUT2D eigenvalue weighted by molar-refractivity contribution is -0.130. The summed E-state index contributed by atoms with van der Waals surface area (Å²) in [5, 5.41) is 3.48. The third kappa shape index (κ3) is 4.50. The van der Waals surface area contributed by atoms with Crippen molar-refractivity contribution in [2.75, 3.05) is 32.8 Å². The van der Waals surface area contributed by atoms with Crippen LogP contribution in [0.2, 0.25) is 0 Å². The molecule has 0 bridgehead atoms. The quantitative estimate of drug-likeness (QED) is 0.902. The maximum absolute atomic E-state index is 12.6. The van der Waals surface area contributed by atoms with Crippen LogP contribution in [-0.4, -0.2) is 43.6 Å². The fourth-order valence-corrected chi connectivity index (χ4v) is 3.72. The van der Waals surface area contributed by atoms with E-state index in [1.807, 2.05) is 24.3 Å². The maximum Gasteiger partial charge on any atom is 0.226 e. The van der Waals surface area contributed by atoms with Gasteiger partial charge in [0.25, 0.3) is 0 Å². The predicted octanol–water partition coefficient (Wildman–Crippen LogP) is 2.72. The van der Waals surface area contributed by atoms with Crippen LogP contribution in [0.15, 0.2) is 24.3 Å². The third-order valence-electron chi connectivity index (χ3n) is 5.23. The molecule has 2 aliphatic rings. The van der Waals surface area contributed by atoms with Gasteiger partial charge in [-0.15, -0.1) is 0 Å². The summed E-state index contributed by atoms with van der Waals surface area (Å²) in [6.07, 6.45) is 2.79. The number of fused-ring (bicyclic) bond motifs is 1. The average Bonchev–Trinajstić information content (AvgIpc) is 2.92. The minimum Gasteiger partial charge on any atom is -0.493 e. The first-order chi connectivity index (χ1) is 11.6. The van der Waals surface area contributed by atoms with E-state index in [-0.39, 0.29) is 5.91 Å². The molecule has 0 aromatic heterocycles. The van der Waals surface area contributed by atoms with Gasteiger partial charge in [-0.25, -0.2) is 0 Å². The Balaban J connectivity index is 1.51. The molecule has 0 saturated carbocycles. The van der Waals surface area contributed by atoms with Gasteiger partial charge in [0.2, 0.25) is 5.91 Å². The van der Waals surface area contributed by atoms with Crippen molar-refractivity contribution in [3.63, 3.8) is 0 Å². The third-order valence-corrected chi connectivity index (χ3v) is 5.23. The molecular formula is C20H30N2O2. The highest BCUT2D eigenvalue weighted by Gasteiger charge is 2.31. The Labute approximate surface area is 145 Å². The van der Waals surface area contributed by atoms with Crippen LogP contribution in [0.25, 0.3) is 0 Å². The number of hydrogen-bond donors (Lipinski definition) is 1. The molecule has 2 heterocycles. The molecule has 0 spiro atoms. The van der Waals surface area contributed by atoms with E-state index in [4.69, 9.17) is 4.74 Å². The monoisotopic (exact) mass is 330 g/mol. The molecule has 0 aliphatic carbocycles. The molecule has 2 saturated heterocycles. The average molecular weight is 330 g/mol. The minimum absolute atomic E-state index is 0.263. The number of hydrogen-bond acceptors (Lipinski definition) is 3. The van der Waals surface area contributed by atoms with E-state index in [0.29, 0.717) is 12.3 Å². The van der Waals surface area contributed by atoms with E-state index in [1.54, 1.807) is 0 Å². The summed E-state index contributed by atoms with van der Waals surface area (Å²) in [6.45, 7) is 9.09. The number of nitrogens with one attached hydrogen (secondary N) is 1. The Bertz CT molecular complexity index is 527. The van der Waals surface area contributed by atoms with Gasteiger partial charge in [0.15, 0.2) is 0 Å². The predicted molar refractivity (Wildman–Crippen MR) is 96.1 cm³/mol. The fourth-order valence-electron chi connectivity index (χ4n) is 3.72. The minimum atomic E-state index is 0.263. The van der Waals surface area contributed by atoms with E-state index >= 15 is 0 Å². The molecule has 0 unspecified atom stereocenters. The van der Waals surface area contributed by atoms with Crippen LogP contribution in [0, 0.1) is 17.8 Å². The Morgan fingerprint density at radius 3 is 2.38 bits per heavy atom. The van der Waals surface area contributed by atoms with Gasteiger partial charge in [-0.1, -0.05) is 26.0 Å². The summed E-state index contributed by atoms with van der Waals surface area (Å²) in [5.74, 6) is 3.19. The summed E-state index contributed by atoms with van der Waals surface area (Å²) in [4.78, 5) is 14.7. The molecule has 3 rings (SSSR count). The van der Waals surface area contributed by atoms with Crippen LogP contribution in [-0.2, 0) is 11.2 Å². The number of ether oxygens (including phenoxy) is 1. The number of carbonyl (C=O) groups excluding carboxylic acids is 1. The lowest BCUT2D eigenvalue weighted by Crippen LogP contribution is -2.33. The van der Waals surface area contributed by atoms with Crippen molar-refractivity contribution in [3.05, 3.63) is 29.8 Å². The van der Waals surface area contributed by atoms with Crippen molar-refractivity contribution in [2.45, 2.75) is 33.1 Å². The number of amides is 1. The van der Waals surface area contributed by atoms with Gasteiger partial charge in [0.05, 0.1) is 13.0 Å². The van der Waals surface area contributed by atoms with Crippen LogP contribution < -0.4 is 10.1 Å². The highest BCUT2D eigenvalue weighted by atomic mass is 16.5. The molecule has 2 atom stereocenters. The van der Waals surface area contributed by atoms with Crippen LogP contribution in [0.1, 0.15) is 32.3 Å². The number of benzene rings is 1. The summed E-state index contributed by atoms with van der Waals surface area (Å²) in [6, 6.07) is 7.99. The summed E-state index contributed by atoms with van der Waals surface area (Å²) in [5.41, 5.74) is 1.07. The summed E-state index contributed by atoms with van der Waals surface area (Å²) < 4.78 is 5.70. The molecule has 2 aliphatic heterocycles. The van der Waals surface area contributed by atoms with Crippen LogP contribution in [0.5, 0.6) is 5.75 Å². The molecule has 2 fully saturated rings. The lowest BCUT2D eigenvalue weighted by Gasteiger charge is -2.21. The second kappa shape index (κ2) is 8.02. The number of nitrogens with zero attached hydrogens (tertiary/aromatic N) is 1. The van der Waals surface area contributed by atoms with Crippen LogP contribution in [0.3, 0.4) is 0 Å². The Morgan fingerprint density at radius 1 is 1.17 bits per heavy atom. The number of likely N-dealkylation sites (tertiary alicyclic amines) is 1. The molecule has 1 N–H and O–H groups in total. The van der Waals surface area contributed by atoms with Crippen LogP contribution in [0.4, 0.5) is 0 Å². The standard InChI is InChI=1S/C20H30N2O2/c1-15(2)14-24-19-5-3-16(4-6-19)11-20(23)22-9-7-17-12-21-13-18(17)8-10-22/h3-6,15,17-18,21H,7-14H2,1-2H3/t17-,18+.